The molecule has 0 aliphatic carbocycles. The predicted molar refractivity (Wildman–Crippen MR) is 52.1 cm³/mol. The van der Waals surface area contributed by atoms with Gasteiger partial charge in [0.2, 0.25) is 0 Å². The molecule has 0 bridgehead atoms. The molecule has 1 aromatic heterocycles. The number of rotatable bonds is 3. The third-order valence-corrected chi connectivity index (χ3v) is 2.68. The van der Waals surface area contributed by atoms with E-state index in [0.29, 0.717) is 5.69 Å². The van der Waals surface area contributed by atoms with Crippen LogP contribution in [0.5, 0.6) is 0 Å². The molecule has 1 N–H and O–H groups in total. The molecule has 1 unspecified atom stereocenters. The molecular weight excluding hydrogens is 186 g/mol. The van der Waals surface area contributed by atoms with Crippen molar-refractivity contribution in [3.63, 3.8) is 0 Å². The second-order valence-corrected chi connectivity index (χ2v) is 4.41. The molecule has 72 valence electrons. The van der Waals surface area contributed by atoms with Crippen LogP contribution in [0.3, 0.4) is 0 Å². The molecule has 4 heteroatoms. The maximum atomic E-state index is 10.9. The number of aromatic nitrogens is 1. The summed E-state index contributed by atoms with van der Waals surface area (Å²) in [5.74, 6) is -1.18. The molecule has 13 heavy (non-hydrogen) atoms. The molecule has 0 saturated heterocycles. The van der Waals surface area contributed by atoms with Gasteiger partial charge in [-0.05, 0) is 12.8 Å². The summed E-state index contributed by atoms with van der Waals surface area (Å²) in [6.07, 6.45) is 0. The van der Waals surface area contributed by atoms with Crippen LogP contribution in [-0.2, 0) is 4.79 Å². The zero-order chi connectivity index (χ0) is 10.0. The lowest BCUT2D eigenvalue weighted by Crippen LogP contribution is -2.17. The Morgan fingerprint density at radius 2 is 2.23 bits per heavy atom. The summed E-state index contributed by atoms with van der Waals surface area (Å²) in [7, 11) is 0. The Bertz CT molecular complexity index is 306. The van der Waals surface area contributed by atoms with E-state index in [-0.39, 0.29) is 5.92 Å². The highest BCUT2D eigenvalue weighted by Crippen LogP contribution is 2.25. The van der Waals surface area contributed by atoms with Gasteiger partial charge in [0.05, 0.1) is 10.7 Å². The van der Waals surface area contributed by atoms with Crippen molar-refractivity contribution >= 4 is 17.3 Å². The highest BCUT2D eigenvalue weighted by molar-refractivity contribution is 7.09. The summed E-state index contributed by atoms with van der Waals surface area (Å²) < 4.78 is 0. The molecule has 1 heterocycles. The van der Waals surface area contributed by atoms with Gasteiger partial charge >= 0.3 is 5.97 Å². The minimum Gasteiger partial charge on any atom is -0.481 e. The summed E-state index contributed by atoms with van der Waals surface area (Å²) >= 11 is 1.49. The van der Waals surface area contributed by atoms with E-state index in [1.54, 1.807) is 0 Å². The normalized spacial score (nSPS) is 13.2. The van der Waals surface area contributed by atoms with Crippen molar-refractivity contribution in [1.82, 2.24) is 4.98 Å². The van der Waals surface area contributed by atoms with Crippen molar-refractivity contribution in [1.29, 1.82) is 0 Å². The Kier molecular flexibility index (Phi) is 3.03. The van der Waals surface area contributed by atoms with Crippen LogP contribution in [0.25, 0.3) is 0 Å². The van der Waals surface area contributed by atoms with Gasteiger partial charge in [-0.25, -0.2) is 4.98 Å². The molecule has 0 aliphatic heterocycles. The van der Waals surface area contributed by atoms with E-state index in [2.05, 4.69) is 4.98 Å². The molecule has 1 aromatic rings. The molecule has 0 aromatic carbocycles. The molecule has 0 amide bonds. The number of hydrogen-bond acceptors (Lipinski definition) is 3. The Hall–Kier alpha value is -0.900. The number of carboxylic acid groups (broad SMARTS) is 1. The Morgan fingerprint density at radius 1 is 1.62 bits per heavy atom. The van der Waals surface area contributed by atoms with Crippen molar-refractivity contribution in [3.05, 3.63) is 16.1 Å². The van der Waals surface area contributed by atoms with Gasteiger partial charge in [-0.15, -0.1) is 11.3 Å². The Morgan fingerprint density at radius 3 is 2.54 bits per heavy atom. The van der Waals surface area contributed by atoms with Crippen LogP contribution in [0.1, 0.15) is 30.5 Å². The van der Waals surface area contributed by atoms with E-state index in [0.717, 1.165) is 5.01 Å². The third-order valence-electron chi connectivity index (χ3n) is 1.89. The molecule has 0 radical (unpaired) electrons. The lowest BCUT2D eigenvalue weighted by atomic mass is 9.93. The van der Waals surface area contributed by atoms with Crippen LogP contribution in [0.15, 0.2) is 5.38 Å². The van der Waals surface area contributed by atoms with Gasteiger partial charge in [0, 0.05) is 5.38 Å². The maximum absolute atomic E-state index is 10.9. The van der Waals surface area contributed by atoms with Gasteiger partial charge in [-0.1, -0.05) is 13.8 Å². The Balaban J connectivity index is 2.95. The fraction of sp³-hybridized carbons (Fsp3) is 0.556. The molecule has 0 aliphatic rings. The monoisotopic (exact) mass is 199 g/mol. The fourth-order valence-electron chi connectivity index (χ4n) is 1.28. The van der Waals surface area contributed by atoms with E-state index < -0.39 is 11.9 Å². The first-order valence-electron chi connectivity index (χ1n) is 4.17. The van der Waals surface area contributed by atoms with Crippen LogP contribution in [0.2, 0.25) is 0 Å². The van der Waals surface area contributed by atoms with Gasteiger partial charge in [0.25, 0.3) is 0 Å². The summed E-state index contributed by atoms with van der Waals surface area (Å²) in [6, 6.07) is 0. The second kappa shape index (κ2) is 3.87. The van der Waals surface area contributed by atoms with Crippen LogP contribution in [-0.4, -0.2) is 16.1 Å². The van der Waals surface area contributed by atoms with E-state index in [1.165, 1.54) is 11.3 Å². The lowest BCUT2D eigenvalue weighted by molar-refractivity contribution is -0.139. The minimum absolute atomic E-state index is 0.0824. The van der Waals surface area contributed by atoms with Crippen LogP contribution in [0, 0.1) is 12.8 Å². The topological polar surface area (TPSA) is 50.2 Å². The van der Waals surface area contributed by atoms with Gasteiger partial charge in [0.1, 0.15) is 5.92 Å². The van der Waals surface area contributed by atoms with E-state index in [9.17, 15) is 4.79 Å². The molecule has 1 rings (SSSR count). The standard InChI is InChI=1S/C9H13NO2S/c1-5(2)8(9(11)12)7-4-13-6(3)10-7/h4-5,8H,1-3H3,(H,11,12). The minimum atomic E-state index is -0.791. The van der Waals surface area contributed by atoms with Crippen LogP contribution in [0.4, 0.5) is 0 Å². The van der Waals surface area contributed by atoms with Crippen LogP contribution >= 0.6 is 11.3 Å². The van der Waals surface area contributed by atoms with Crippen LogP contribution < -0.4 is 0 Å². The average Bonchev–Trinajstić information content (AvgIpc) is 2.34. The van der Waals surface area contributed by atoms with Gasteiger partial charge in [-0.3, -0.25) is 4.79 Å². The third kappa shape index (κ3) is 2.28. The summed E-state index contributed by atoms with van der Waals surface area (Å²) in [4.78, 5) is 15.1. The molecule has 0 fully saturated rings. The number of carbonyl (C=O) groups is 1. The fourth-order valence-corrected chi connectivity index (χ4v) is 1.92. The summed E-state index contributed by atoms with van der Waals surface area (Å²) in [5, 5.41) is 11.7. The summed E-state index contributed by atoms with van der Waals surface area (Å²) in [6.45, 7) is 5.67. The average molecular weight is 199 g/mol. The summed E-state index contributed by atoms with van der Waals surface area (Å²) in [5.41, 5.74) is 0.685. The first-order chi connectivity index (χ1) is 6.02. The number of thiazole rings is 1. The number of aliphatic carboxylic acids is 1. The first kappa shape index (κ1) is 10.2. The highest BCUT2D eigenvalue weighted by atomic mass is 32.1. The highest BCUT2D eigenvalue weighted by Gasteiger charge is 2.25. The van der Waals surface area contributed by atoms with E-state index in [1.807, 2.05) is 26.2 Å². The lowest BCUT2D eigenvalue weighted by Gasteiger charge is -2.12. The van der Waals surface area contributed by atoms with Gasteiger partial charge in [-0.2, -0.15) is 0 Å². The van der Waals surface area contributed by atoms with Crippen molar-refractivity contribution in [3.8, 4) is 0 Å². The van der Waals surface area contributed by atoms with Gasteiger partial charge in [0.15, 0.2) is 0 Å². The molecule has 3 nitrogen and oxygen atoms in total. The second-order valence-electron chi connectivity index (χ2n) is 3.35. The number of nitrogens with zero attached hydrogens (tertiary/aromatic N) is 1. The quantitative estimate of drug-likeness (QED) is 0.812. The molecule has 0 spiro atoms. The van der Waals surface area contributed by atoms with E-state index in [4.69, 9.17) is 5.11 Å². The molecule has 1 atom stereocenters. The van der Waals surface area contributed by atoms with Crippen molar-refractivity contribution in [2.75, 3.05) is 0 Å². The van der Waals surface area contributed by atoms with Crippen molar-refractivity contribution in [2.24, 2.45) is 5.92 Å². The molecular formula is C9H13NO2S. The maximum Gasteiger partial charge on any atom is 0.312 e. The predicted octanol–water partition coefficient (Wildman–Crippen LogP) is 2.28. The largest absolute Gasteiger partial charge is 0.481 e. The van der Waals surface area contributed by atoms with Crippen molar-refractivity contribution < 1.29 is 9.90 Å². The first-order valence-corrected chi connectivity index (χ1v) is 5.05. The number of aryl methyl sites for hydroxylation is 1. The molecule has 0 saturated carbocycles. The SMILES string of the molecule is Cc1nc(C(C(=O)O)C(C)C)cs1. The smallest absolute Gasteiger partial charge is 0.312 e. The zero-order valence-corrected chi connectivity index (χ0v) is 8.76. The van der Waals surface area contributed by atoms with Crippen molar-refractivity contribution in [2.45, 2.75) is 26.7 Å². The number of hydrogen-bond donors (Lipinski definition) is 1. The zero-order valence-electron chi connectivity index (χ0n) is 7.94. The van der Waals surface area contributed by atoms with Gasteiger partial charge < -0.3 is 5.11 Å². The number of carboxylic acids is 1. The van der Waals surface area contributed by atoms with E-state index >= 15 is 0 Å². The Labute approximate surface area is 81.4 Å².